The predicted octanol–water partition coefficient (Wildman–Crippen LogP) is 1.04. The van der Waals surface area contributed by atoms with Crippen molar-refractivity contribution in [2.24, 2.45) is 5.41 Å². The van der Waals surface area contributed by atoms with E-state index in [4.69, 9.17) is 0 Å². The van der Waals surface area contributed by atoms with Crippen LogP contribution in [-0.4, -0.2) is 32.1 Å². The topological polar surface area (TPSA) is 34.1 Å². The first-order valence-electron chi connectivity index (χ1n) is 3.31. The monoisotopic (exact) mass is 182 g/mol. The lowest BCUT2D eigenvalue weighted by Crippen LogP contribution is -2.38. The molecule has 0 aromatic heterocycles. The summed E-state index contributed by atoms with van der Waals surface area (Å²) >= 11 is 0. The molecule has 0 radical (unpaired) electrons. The van der Waals surface area contributed by atoms with E-state index >= 15 is 0 Å². The smallest absolute Gasteiger partial charge is 0.153 e. The highest BCUT2D eigenvalue weighted by molar-refractivity contribution is 5.94. The van der Waals surface area contributed by atoms with Crippen molar-refractivity contribution < 1.29 is 22.8 Å². The molecule has 12 heavy (non-hydrogen) atoms. The van der Waals surface area contributed by atoms with E-state index in [1.807, 2.05) is 0 Å². The molecule has 2 nitrogen and oxygen atoms in total. The fourth-order valence-electron chi connectivity index (χ4n) is 0.623. The van der Waals surface area contributed by atoms with Gasteiger partial charge in [-0.25, -0.2) is 13.2 Å². The van der Waals surface area contributed by atoms with Crippen LogP contribution >= 0.6 is 0 Å². The van der Waals surface area contributed by atoms with Crippen molar-refractivity contribution in [3.05, 3.63) is 0 Å². The molecule has 70 valence electrons. The highest BCUT2D eigenvalue weighted by Gasteiger charge is 2.38. The van der Waals surface area contributed by atoms with Gasteiger partial charge in [0.25, 0.3) is 0 Å². The van der Waals surface area contributed by atoms with Crippen LogP contribution < -0.4 is 0 Å². The van der Waals surface area contributed by atoms with E-state index in [1.165, 1.54) is 0 Å². The average Bonchev–Trinajstić information content (AvgIpc) is 2.09. The van der Waals surface area contributed by atoms with E-state index in [0.717, 1.165) is 0 Å². The van der Waals surface area contributed by atoms with Gasteiger partial charge in [-0.3, -0.25) is 4.79 Å². The number of carbonyl (C=O) groups excluding carboxylic acids is 2. The summed E-state index contributed by atoms with van der Waals surface area (Å²) in [6, 6.07) is 0. The summed E-state index contributed by atoms with van der Waals surface area (Å²) in [5, 5.41) is 0. The van der Waals surface area contributed by atoms with Crippen LogP contribution in [-0.2, 0) is 9.59 Å². The minimum absolute atomic E-state index is 0.206. The quantitative estimate of drug-likeness (QED) is 0.454. The molecule has 0 aromatic carbocycles. The molecule has 0 spiro atoms. The first kappa shape index (κ1) is 11.1. The lowest BCUT2D eigenvalue weighted by atomic mass is 9.86. The van der Waals surface area contributed by atoms with Crippen LogP contribution in [0.3, 0.4) is 0 Å². The van der Waals surface area contributed by atoms with Gasteiger partial charge in [0.15, 0.2) is 5.78 Å². The molecule has 0 rings (SSSR count). The number of rotatable bonds is 6. The van der Waals surface area contributed by atoms with Gasteiger partial charge >= 0.3 is 0 Å². The van der Waals surface area contributed by atoms with E-state index in [-0.39, 0.29) is 6.29 Å². The largest absolute Gasteiger partial charge is 0.303 e. The van der Waals surface area contributed by atoms with Crippen LogP contribution in [0.4, 0.5) is 13.2 Å². The van der Waals surface area contributed by atoms with E-state index in [2.05, 4.69) is 0 Å². The van der Waals surface area contributed by atoms with Crippen molar-refractivity contribution in [3.63, 3.8) is 0 Å². The van der Waals surface area contributed by atoms with Gasteiger partial charge in [0.1, 0.15) is 31.7 Å². The van der Waals surface area contributed by atoms with Gasteiger partial charge in [-0.15, -0.1) is 0 Å². The molecule has 0 N–H and O–H groups in total. The molecule has 0 aliphatic carbocycles. The Hall–Kier alpha value is -0.870. The fourth-order valence-corrected chi connectivity index (χ4v) is 0.623. The van der Waals surface area contributed by atoms with E-state index in [9.17, 15) is 22.8 Å². The molecular weight excluding hydrogens is 173 g/mol. The number of hydrogen-bond donors (Lipinski definition) is 0. The summed E-state index contributed by atoms with van der Waals surface area (Å²) in [6.07, 6.45) is -0.435. The van der Waals surface area contributed by atoms with Crippen molar-refractivity contribution >= 4 is 12.1 Å². The van der Waals surface area contributed by atoms with Crippen molar-refractivity contribution in [1.29, 1.82) is 0 Å². The molecule has 5 heteroatoms. The summed E-state index contributed by atoms with van der Waals surface area (Å²) in [4.78, 5) is 20.6. The van der Waals surface area contributed by atoms with Gasteiger partial charge in [-0.1, -0.05) is 0 Å². The van der Waals surface area contributed by atoms with Crippen LogP contribution in [0.25, 0.3) is 0 Å². The first-order chi connectivity index (χ1) is 5.66. The molecule has 0 heterocycles. The average molecular weight is 182 g/mol. The lowest BCUT2D eigenvalue weighted by Gasteiger charge is -2.20. The summed E-state index contributed by atoms with van der Waals surface area (Å²) in [6.45, 7) is -4.23. The molecule has 0 saturated heterocycles. The van der Waals surface area contributed by atoms with Gasteiger partial charge in [0.2, 0.25) is 0 Å². The molecular formula is C7H9F3O2. The van der Waals surface area contributed by atoms with Crippen molar-refractivity contribution in [1.82, 2.24) is 0 Å². The number of aldehydes is 1. The molecule has 0 aliphatic rings. The number of alkyl halides is 3. The van der Waals surface area contributed by atoms with Gasteiger partial charge in [-0.05, 0) is 0 Å². The number of hydrogen-bond acceptors (Lipinski definition) is 2. The van der Waals surface area contributed by atoms with Crippen molar-refractivity contribution in [2.75, 3.05) is 20.0 Å². The van der Waals surface area contributed by atoms with Gasteiger partial charge in [-0.2, -0.15) is 0 Å². The molecule has 0 saturated carbocycles. The van der Waals surface area contributed by atoms with E-state index in [1.54, 1.807) is 0 Å². The Bertz CT molecular complexity index is 158. The third-order valence-corrected chi connectivity index (χ3v) is 1.63. The highest BCUT2D eigenvalue weighted by Crippen LogP contribution is 2.22. The van der Waals surface area contributed by atoms with Crippen LogP contribution in [0.2, 0.25) is 0 Å². The molecule has 0 atom stereocenters. The second-order valence-electron chi connectivity index (χ2n) is 2.48. The summed E-state index contributed by atoms with van der Waals surface area (Å²) in [5.74, 6) is -1.02. The molecule has 0 aliphatic heterocycles. The van der Waals surface area contributed by atoms with Crippen LogP contribution in [0.5, 0.6) is 0 Å². The predicted molar refractivity (Wildman–Crippen MR) is 36.0 cm³/mol. The lowest BCUT2D eigenvalue weighted by molar-refractivity contribution is -0.133. The third-order valence-electron chi connectivity index (χ3n) is 1.63. The normalized spacial score (nSPS) is 11.2. The second kappa shape index (κ2) is 4.90. The zero-order valence-electron chi connectivity index (χ0n) is 6.36. The van der Waals surface area contributed by atoms with Crippen LogP contribution in [0.15, 0.2) is 0 Å². The Labute approximate surface area is 67.7 Å². The number of ketones is 1. The number of Topliss-reactive ketones (excluding diaryl/α,β-unsaturated/α-hetero) is 1. The van der Waals surface area contributed by atoms with Gasteiger partial charge < -0.3 is 4.79 Å². The third kappa shape index (κ3) is 2.06. The second-order valence-corrected chi connectivity index (χ2v) is 2.48. The molecule has 0 unspecified atom stereocenters. The Balaban J connectivity index is 4.46. The van der Waals surface area contributed by atoms with Gasteiger partial charge in [0, 0.05) is 0 Å². The molecule has 0 aromatic rings. The Morgan fingerprint density at radius 3 is 1.83 bits per heavy atom. The number of halogens is 3. The molecule has 0 amide bonds. The first-order valence-corrected chi connectivity index (χ1v) is 3.31. The van der Waals surface area contributed by atoms with E-state index < -0.39 is 37.6 Å². The van der Waals surface area contributed by atoms with Crippen molar-refractivity contribution in [3.8, 4) is 0 Å². The summed E-state index contributed by atoms with van der Waals surface area (Å²) in [7, 11) is 0. The van der Waals surface area contributed by atoms with Crippen LogP contribution in [0.1, 0.15) is 6.42 Å². The standard InChI is InChI=1S/C7H9F3O2/c8-3-7(4-9,5-10)6(12)1-2-11/h2H,1,3-5H2. The molecule has 0 bridgehead atoms. The Kier molecular flexibility index (Phi) is 4.54. The summed E-state index contributed by atoms with van der Waals surface area (Å²) < 4.78 is 36.2. The highest BCUT2D eigenvalue weighted by atomic mass is 19.1. The van der Waals surface area contributed by atoms with Crippen molar-refractivity contribution in [2.45, 2.75) is 6.42 Å². The van der Waals surface area contributed by atoms with Gasteiger partial charge in [0.05, 0.1) is 6.42 Å². The Morgan fingerprint density at radius 2 is 1.58 bits per heavy atom. The van der Waals surface area contributed by atoms with Crippen LogP contribution in [0, 0.1) is 5.41 Å². The maximum absolute atomic E-state index is 12.1. The maximum atomic E-state index is 12.1. The zero-order valence-corrected chi connectivity index (χ0v) is 6.36. The maximum Gasteiger partial charge on any atom is 0.153 e. The minimum Gasteiger partial charge on any atom is -0.303 e. The summed E-state index contributed by atoms with van der Waals surface area (Å²) in [5.41, 5.74) is -2.24. The molecule has 0 fully saturated rings. The number of carbonyl (C=O) groups is 2. The fraction of sp³-hybridized carbons (Fsp3) is 0.714. The SMILES string of the molecule is O=CCC(=O)C(CF)(CF)CF. The Morgan fingerprint density at radius 1 is 1.17 bits per heavy atom. The zero-order chi connectivity index (χ0) is 9.61. The van der Waals surface area contributed by atoms with E-state index in [0.29, 0.717) is 0 Å². The minimum atomic E-state index is -2.24.